The number of carbonyl (C=O) groups excluding carboxylic acids is 1. The molecule has 0 aliphatic carbocycles. The van der Waals surface area contributed by atoms with Crippen LogP contribution in [0.5, 0.6) is 5.75 Å². The van der Waals surface area contributed by atoms with Crippen LogP contribution in [0.4, 0.5) is 0 Å². The second kappa shape index (κ2) is 8.86. The van der Waals surface area contributed by atoms with Crippen LogP contribution >= 0.6 is 0 Å². The fourth-order valence-electron chi connectivity index (χ4n) is 3.64. The van der Waals surface area contributed by atoms with Crippen molar-refractivity contribution in [1.29, 1.82) is 0 Å². The minimum absolute atomic E-state index is 0.0408. The lowest BCUT2D eigenvalue weighted by molar-refractivity contribution is 0.104. The first-order valence-corrected chi connectivity index (χ1v) is 10.5. The van der Waals surface area contributed by atoms with Gasteiger partial charge in [-0.2, -0.15) is 0 Å². The Kier molecular flexibility index (Phi) is 5.46. The number of benzene rings is 4. The number of aromatic nitrogens is 1. The van der Waals surface area contributed by atoms with Crippen LogP contribution < -0.4 is 4.74 Å². The molecule has 0 unspecified atom stereocenters. The average Bonchev–Trinajstić information content (AvgIpc) is 2.86. The molecule has 0 bridgehead atoms. The van der Waals surface area contributed by atoms with E-state index in [9.17, 15) is 4.79 Å². The highest BCUT2D eigenvalue weighted by atomic mass is 16.5. The van der Waals surface area contributed by atoms with Gasteiger partial charge >= 0.3 is 0 Å². The number of ketones is 1. The normalized spacial score (nSPS) is 11.2. The van der Waals surface area contributed by atoms with Crippen LogP contribution in [-0.2, 0) is 6.61 Å². The predicted molar refractivity (Wildman–Crippen MR) is 130 cm³/mol. The number of para-hydroxylation sites is 1. The highest BCUT2D eigenvalue weighted by Gasteiger charge is 2.04. The minimum atomic E-state index is -0.0408. The molecular formula is C29H21NO2. The van der Waals surface area contributed by atoms with Gasteiger partial charge in [-0.15, -0.1) is 0 Å². The number of hydrogen-bond donors (Lipinski definition) is 0. The first-order chi connectivity index (χ1) is 15.7. The van der Waals surface area contributed by atoms with Gasteiger partial charge in [-0.1, -0.05) is 66.7 Å². The maximum absolute atomic E-state index is 12.6. The Balaban J connectivity index is 1.23. The summed E-state index contributed by atoms with van der Waals surface area (Å²) in [6, 6.07) is 33.6. The lowest BCUT2D eigenvalue weighted by Gasteiger charge is -2.07. The maximum Gasteiger partial charge on any atom is 0.185 e. The molecule has 154 valence electrons. The number of nitrogens with zero attached hydrogens (tertiary/aromatic N) is 1. The highest BCUT2D eigenvalue weighted by Crippen LogP contribution is 2.18. The van der Waals surface area contributed by atoms with Crippen molar-refractivity contribution >= 4 is 33.5 Å². The minimum Gasteiger partial charge on any atom is -0.487 e. The van der Waals surface area contributed by atoms with E-state index in [4.69, 9.17) is 4.74 Å². The summed E-state index contributed by atoms with van der Waals surface area (Å²) in [4.78, 5) is 17.2. The lowest BCUT2D eigenvalue weighted by Crippen LogP contribution is -1.99. The van der Waals surface area contributed by atoms with Gasteiger partial charge in [-0.05, 0) is 64.9 Å². The van der Waals surface area contributed by atoms with Crippen molar-refractivity contribution in [3.63, 3.8) is 0 Å². The Bertz CT molecular complexity index is 1440. The lowest BCUT2D eigenvalue weighted by atomic mass is 10.1. The molecule has 0 saturated carbocycles. The summed E-state index contributed by atoms with van der Waals surface area (Å²) in [5.74, 6) is 0.663. The van der Waals surface area contributed by atoms with Crippen molar-refractivity contribution in [2.75, 3.05) is 0 Å². The Morgan fingerprint density at radius 3 is 2.31 bits per heavy atom. The van der Waals surface area contributed by atoms with E-state index in [2.05, 4.69) is 29.2 Å². The van der Waals surface area contributed by atoms with Gasteiger partial charge in [-0.3, -0.25) is 4.79 Å². The van der Waals surface area contributed by atoms with Crippen LogP contribution in [0.15, 0.2) is 109 Å². The molecule has 1 heterocycles. The third-order valence-electron chi connectivity index (χ3n) is 5.38. The molecule has 3 heteroatoms. The van der Waals surface area contributed by atoms with Gasteiger partial charge < -0.3 is 4.74 Å². The zero-order valence-corrected chi connectivity index (χ0v) is 17.4. The van der Waals surface area contributed by atoms with Crippen molar-refractivity contribution in [3.05, 3.63) is 126 Å². The monoisotopic (exact) mass is 415 g/mol. The molecule has 0 atom stereocenters. The molecule has 32 heavy (non-hydrogen) atoms. The fourth-order valence-corrected chi connectivity index (χ4v) is 3.64. The van der Waals surface area contributed by atoms with Crippen molar-refractivity contribution in [1.82, 2.24) is 4.98 Å². The standard InChI is InChI=1S/C29H21NO2/c31-29(18-10-21-9-11-22-5-1-2-7-25(22)19-21)24-13-16-27(17-14-24)32-20-26-15-12-23-6-3-4-8-28(23)30-26/h1-19H,20H2/b18-10+. The molecule has 0 aliphatic heterocycles. The summed E-state index contributed by atoms with van der Waals surface area (Å²) in [6.07, 6.45) is 3.46. The summed E-state index contributed by atoms with van der Waals surface area (Å²) < 4.78 is 5.85. The summed E-state index contributed by atoms with van der Waals surface area (Å²) in [5.41, 5.74) is 3.44. The van der Waals surface area contributed by atoms with Crippen molar-refractivity contribution in [2.24, 2.45) is 0 Å². The van der Waals surface area contributed by atoms with Crippen LogP contribution in [0.3, 0.4) is 0 Å². The molecule has 0 saturated heterocycles. The van der Waals surface area contributed by atoms with E-state index in [1.807, 2.05) is 72.8 Å². The summed E-state index contributed by atoms with van der Waals surface area (Å²) >= 11 is 0. The van der Waals surface area contributed by atoms with E-state index in [1.54, 1.807) is 18.2 Å². The predicted octanol–water partition coefficient (Wildman–Crippen LogP) is 6.86. The quantitative estimate of drug-likeness (QED) is 0.225. The van der Waals surface area contributed by atoms with Gasteiger partial charge in [-0.25, -0.2) is 4.98 Å². The van der Waals surface area contributed by atoms with Gasteiger partial charge in [0.1, 0.15) is 12.4 Å². The van der Waals surface area contributed by atoms with Crippen LogP contribution in [0, 0.1) is 0 Å². The zero-order valence-electron chi connectivity index (χ0n) is 17.4. The largest absolute Gasteiger partial charge is 0.487 e. The number of fused-ring (bicyclic) bond motifs is 2. The summed E-state index contributed by atoms with van der Waals surface area (Å²) in [6.45, 7) is 0.375. The summed E-state index contributed by atoms with van der Waals surface area (Å²) in [5, 5.41) is 3.45. The van der Waals surface area contributed by atoms with Crippen LogP contribution in [0.1, 0.15) is 21.6 Å². The Hall–Kier alpha value is -4.24. The van der Waals surface area contributed by atoms with E-state index in [1.165, 1.54) is 5.39 Å². The molecule has 5 aromatic rings. The molecular weight excluding hydrogens is 394 g/mol. The van der Waals surface area contributed by atoms with Crippen molar-refractivity contribution < 1.29 is 9.53 Å². The maximum atomic E-state index is 12.6. The second-order valence-electron chi connectivity index (χ2n) is 7.61. The molecule has 0 radical (unpaired) electrons. The number of pyridine rings is 1. The fraction of sp³-hybridized carbons (Fsp3) is 0.0345. The first-order valence-electron chi connectivity index (χ1n) is 10.5. The van der Waals surface area contributed by atoms with E-state index < -0.39 is 0 Å². The third kappa shape index (κ3) is 4.42. The van der Waals surface area contributed by atoms with Gasteiger partial charge in [0.05, 0.1) is 11.2 Å². The average molecular weight is 415 g/mol. The number of rotatable bonds is 6. The molecule has 0 spiro atoms. The molecule has 0 aliphatic rings. The number of hydrogen-bond acceptors (Lipinski definition) is 3. The van der Waals surface area contributed by atoms with Gasteiger partial charge in [0.15, 0.2) is 5.78 Å². The zero-order chi connectivity index (χ0) is 21.8. The second-order valence-corrected chi connectivity index (χ2v) is 7.61. The topological polar surface area (TPSA) is 39.2 Å². The molecule has 1 aromatic heterocycles. The molecule has 5 rings (SSSR count). The smallest absolute Gasteiger partial charge is 0.185 e. The Labute approximate surface area is 186 Å². The molecule has 0 N–H and O–H groups in total. The van der Waals surface area contributed by atoms with E-state index in [0.29, 0.717) is 17.9 Å². The van der Waals surface area contributed by atoms with E-state index in [-0.39, 0.29) is 5.78 Å². The van der Waals surface area contributed by atoms with Gasteiger partial charge in [0.2, 0.25) is 0 Å². The number of ether oxygens (including phenoxy) is 1. The van der Waals surface area contributed by atoms with E-state index >= 15 is 0 Å². The Morgan fingerprint density at radius 2 is 1.47 bits per heavy atom. The van der Waals surface area contributed by atoms with Gasteiger partial charge in [0.25, 0.3) is 0 Å². The van der Waals surface area contributed by atoms with Crippen LogP contribution in [0.2, 0.25) is 0 Å². The highest BCUT2D eigenvalue weighted by molar-refractivity contribution is 6.07. The first kappa shape index (κ1) is 19.7. The molecule has 0 amide bonds. The number of carbonyl (C=O) groups is 1. The number of allylic oxidation sites excluding steroid dienone is 1. The third-order valence-corrected chi connectivity index (χ3v) is 5.38. The van der Waals surface area contributed by atoms with Crippen LogP contribution in [0.25, 0.3) is 27.8 Å². The van der Waals surface area contributed by atoms with Crippen molar-refractivity contribution in [2.45, 2.75) is 6.61 Å². The molecule has 4 aromatic carbocycles. The Morgan fingerprint density at radius 1 is 0.750 bits per heavy atom. The van der Waals surface area contributed by atoms with Crippen molar-refractivity contribution in [3.8, 4) is 5.75 Å². The van der Waals surface area contributed by atoms with E-state index in [0.717, 1.165) is 27.5 Å². The summed E-state index contributed by atoms with van der Waals surface area (Å²) in [7, 11) is 0. The van der Waals surface area contributed by atoms with Gasteiger partial charge in [0, 0.05) is 10.9 Å². The molecule has 3 nitrogen and oxygen atoms in total. The van der Waals surface area contributed by atoms with Crippen LogP contribution in [-0.4, -0.2) is 10.8 Å². The molecule has 0 fully saturated rings. The SMILES string of the molecule is O=C(/C=C/c1ccc2ccccc2c1)c1ccc(OCc2ccc3ccccc3n2)cc1.